The molecule has 1 aliphatic heterocycles. The number of hydrogen-bond donors (Lipinski definition) is 1. The van der Waals surface area contributed by atoms with Crippen molar-refractivity contribution in [3.05, 3.63) is 28.8 Å². The summed E-state index contributed by atoms with van der Waals surface area (Å²) in [5.74, 6) is 0.202. The van der Waals surface area contributed by atoms with Crippen LogP contribution >= 0.6 is 0 Å². The van der Waals surface area contributed by atoms with Crippen molar-refractivity contribution in [2.24, 2.45) is 0 Å². The molecule has 2 aliphatic rings. The Labute approximate surface area is 94.0 Å². The lowest BCUT2D eigenvalue weighted by Crippen LogP contribution is -2.09. The lowest BCUT2D eigenvalue weighted by atomic mass is 9.94. The van der Waals surface area contributed by atoms with Crippen molar-refractivity contribution in [1.29, 1.82) is 0 Å². The van der Waals surface area contributed by atoms with E-state index in [0.717, 1.165) is 29.7 Å². The number of hydrogen-bond acceptors (Lipinski definition) is 2. The van der Waals surface area contributed by atoms with Crippen molar-refractivity contribution in [3.8, 4) is 5.75 Å². The van der Waals surface area contributed by atoms with E-state index in [2.05, 4.69) is 6.92 Å². The Hall–Kier alpha value is -1.51. The minimum absolute atomic E-state index is 0.332. The monoisotopic (exact) mass is 218 g/mol. The molecule has 1 heterocycles. The third kappa shape index (κ3) is 1.17. The smallest absolute Gasteiger partial charge is 0.311 e. The molecule has 3 heteroatoms. The van der Waals surface area contributed by atoms with Gasteiger partial charge in [0.05, 0.1) is 12.5 Å². The highest BCUT2D eigenvalue weighted by molar-refractivity contribution is 5.79. The molecular weight excluding hydrogens is 204 g/mol. The van der Waals surface area contributed by atoms with Crippen LogP contribution in [0.25, 0.3) is 0 Å². The molecule has 3 rings (SSSR count). The Morgan fingerprint density at radius 1 is 1.50 bits per heavy atom. The number of carboxylic acid groups (broad SMARTS) is 1. The predicted molar refractivity (Wildman–Crippen MR) is 59.0 cm³/mol. The molecule has 0 fully saturated rings. The standard InChI is InChI=1S/C13H14O3/c1-7-6-10(13(14)15)12-8(7)2-3-11-9(12)4-5-16-11/h2-3,7,10H,4-6H2,1H3,(H,14,15). The van der Waals surface area contributed by atoms with E-state index in [-0.39, 0.29) is 5.92 Å². The van der Waals surface area contributed by atoms with Gasteiger partial charge in [-0.2, -0.15) is 0 Å². The van der Waals surface area contributed by atoms with E-state index in [4.69, 9.17) is 4.74 Å². The van der Waals surface area contributed by atoms with E-state index in [0.29, 0.717) is 12.5 Å². The van der Waals surface area contributed by atoms with Crippen LogP contribution in [0.2, 0.25) is 0 Å². The summed E-state index contributed by atoms with van der Waals surface area (Å²) in [6.45, 7) is 2.79. The number of aliphatic carboxylic acids is 1. The lowest BCUT2D eigenvalue weighted by Gasteiger charge is -2.10. The molecule has 2 atom stereocenters. The van der Waals surface area contributed by atoms with Gasteiger partial charge in [-0.25, -0.2) is 0 Å². The minimum atomic E-state index is -0.703. The summed E-state index contributed by atoms with van der Waals surface area (Å²) in [5.41, 5.74) is 3.38. The highest BCUT2D eigenvalue weighted by Crippen LogP contribution is 2.47. The molecule has 0 aromatic heterocycles. The summed E-state index contributed by atoms with van der Waals surface area (Å²) in [4.78, 5) is 11.3. The van der Waals surface area contributed by atoms with Gasteiger partial charge < -0.3 is 9.84 Å². The van der Waals surface area contributed by atoms with Gasteiger partial charge in [0.2, 0.25) is 0 Å². The summed E-state index contributed by atoms with van der Waals surface area (Å²) >= 11 is 0. The van der Waals surface area contributed by atoms with Crippen LogP contribution in [-0.4, -0.2) is 17.7 Å². The van der Waals surface area contributed by atoms with Crippen LogP contribution in [0.3, 0.4) is 0 Å². The summed E-state index contributed by atoms with van der Waals surface area (Å²) in [5, 5.41) is 9.27. The van der Waals surface area contributed by atoms with Crippen LogP contribution in [0, 0.1) is 0 Å². The second-order valence-corrected chi connectivity index (χ2v) is 4.67. The van der Waals surface area contributed by atoms with Gasteiger partial charge >= 0.3 is 5.97 Å². The third-order valence-corrected chi connectivity index (χ3v) is 3.72. The Bertz CT molecular complexity index is 464. The van der Waals surface area contributed by atoms with Gasteiger partial charge in [0.25, 0.3) is 0 Å². The lowest BCUT2D eigenvalue weighted by molar-refractivity contribution is -0.138. The fraction of sp³-hybridized carbons (Fsp3) is 0.462. The molecular formula is C13H14O3. The maximum Gasteiger partial charge on any atom is 0.311 e. The van der Waals surface area contributed by atoms with Crippen molar-refractivity contribution in [1.82, 2.24) is 0 Å². The molecule has 0 saturated heterocycles. The van der Waals surface area contributed by atoms with E-state index in [1.54, 1.807) is 0 Å². The maximum absolute atomic E-state index is 11.3. The molecule has 1 aromatic rings. The van der Waals surface area contributed by atoms with Crippen molar-refractivity contribution < 1.29 is 14.6 Å². The van der Waals surface area contributed by atoms with Crippen molar-refractivity contribution >= 4 is 5.97 Å². The zero-order valence-electron chi connectivity index (χ0n) is 9.19. The number of carboxylic acids is 1. The highest BCUT2D eigenvalue weighted by Gasteiger charge is 2.37. The number of carbonyl (C=O) groups is 1. The Morgan fingerprint density at radius 2 is 2.31 bits per heavy atom. The first kappa shape index (κ1) is 9.70. The van der Waals surface area contributed by atoms with E-state index in [9.17, 15) is 9.90 Å². The Morgan fingerprint density at radius 3 is 3.06 bits per heavy atom. The van der Waals surface area contributed by atoms with Gasteiger partial charge in [-0.1, -0.05) is 13.0 Å². The van der Waals surface area contributed by atoms with Gasteiger partial charge in [0.15, 0.2) is 0 Å². The largest absolute Gasteiger partial charge is 0.493 e. The zero-order chi connectivity index (χ0) is 11.3. The predicted octanol–water partition coefficient (Wildman–Crippen LogP) is 2.30. The quantitative estimate of drug-likeness (QED) is 0.786. The van der Waals surface area contributed by atoms with Crippen molar-refractivity contribution in [2.45, 2.75) is 31.6 Å². The normalized spacial score (nSPS) is 26.1. The topological polar surface area (TPSA) is 46.5 Å². The number of benzene rings is 1. The summed E-state index contributed by atoms with van der Waals surface area (Å²) in [7, 11) is 0. The zero-order valence-corrected chi connectivity index (χ0v) is 9.19. The van der Waals surface area contributed by atoms with Crippen LogP contribution < -0.4 is 4.74 Å². The second kappa shape index (κ2) is 3.24. The molecule has 16 heavy (non-hydrogen) atoms. The fourth-order valence-corrected chi connectivity index (χ4v) is 2.98. The van der Waals surface area contributed by atoms with Crippen LogP contribution in [0.1, 0.15) is 41.9 Å². The van der Waals surface area contributed by atoms with Crippen LogP contribution in [0.4, 0.5) is 0 Å². The van der Waals surface area contributed by atoms with E-state index < -0.39 is 5.97 Å². The minimum Gasteiger partial charge on any atom is -0.493 e. The number of rotatable bonds is 1. The van der Waals surface area contributed by atoms with E-state index in [1.165, 1.54) is 5.56 Å². The molecule has 0 amide bonds. The average Bonchev–Trinajstić information content (AvgIpc) is 2.81. The number of ether oxygens (including phenoxy) is 1. The molecule has 0 saturated carbocycles. The Kier molecular flexibility index (Phi) is 1.96. The molecule has 1 aliphatic carbocycles. The average molecular weight is 218 g/mol. The first-order chi connectivity index (χ1) is 7.68. The molecule has 0 radical (unpaired) electrons. The molecule has 3 nitrogen and oxygen atoms in total. The van der Waals surface area contributed by atoms with Gasteiger partial charge in [-0.05, 0) is 29.5 Å². The number of fused-ring (bicyclic) bond motifs is 3. The first-order valence-electron chi connectivity index (χ1n) is 5.69. The summed E-state index contributed by atoms with van der Waals surface area (Å²) in [6, 6.07) is 4.02. The molecule has 1 N–H and O–H groups in total. The maximum atomic E-state index is 11.3. The van der Waals surface area contributed by atoms with Crippen molar-refractivity contribution in [2.75, 3.05) is 6.61 Å². The summed E-state index contributed by atoms with van der Waals surface area (Å²) < 4.78 is 5.49. The first-order valence-corrected chi connectivity index (χ1v) is 5.69. The Balaban J connectivity index is 2.20. The van der Waals surface area contributed by atoms with Gasteiger partial charge in [0, 0.05) is 12.0 Å². The fourth-order valence-electron chi connectivity index (χ4n) is 2.98. The van der Waals surface area contributed by atoms with E-state index >= 15 is 0 Å². The molecule has 1 aromatic carbocycles. The van der Waals surface area contributed by atoms with E-state index in [1.807, 2.05) is 12.1 Å². The van der Waals surface area contributed by atoms with Crippen LogP contribution in [0.5, 0.6) is 5.75 Å². The van der Waals surface area contributed by atoms with Gasteiger partial charge in [-0.3, -0.25) is 4.79 Å². The van der Waals surface area contributed by atoms with Gasteiger partial charge in [0.1, 0.15) is 5.75 Å². The third-order valence-electron chi connectivity index (χ3n) is 3.72. The SMILES string of the molecule is CC1CC(C(=O)O)c2c1ccc1c2CCO1. The highest BCUT2D eigenvalue weighted by atomic mass is 16.5. The van der Waals surface area contributed by atoms with Gasteiger partial charge in [-0.15, -0.1) is 0 Å². The molecule has 0 bridgehead atoms. The molecule has 0 spiro atoms. The molecule has 2 unspecified atom stereocenters. The second-order valence-electron chi connectivity index (χ2n) is 4.67. The summed E-state index contributed by atoms with van der Waals surface area (Å²) in [6.07, 6.45) is 1.58. The van der Waals surface area contributed by atoms with Crippen molar-refractivity contribution in [3.63, 3.8) is 0 Å². The van der Waals surface area contributed by atoms with Crippen LogP contribution in [-0.2, 0) is 11.2 Å². The van der Waals surface area contributed by atoms with Crippen LogP contribution in [0.15, 0.2) is 12.1 Å². The molecule has 84 valence electrons.